The van der Waals surface area contributed by atoms with Crippen LogP contribution in [0.1, 0.15) is 5.56 Å². The first-order valence-corrected chi connectivity index (χ1v) is 8.66. The third-order valence-corrected chi connectivity index (χ3v) is 4.54. The van der Waals surface area contributed by atoms with Crippen LogP contribution in [0.3, 0.4) is 0 Å². The smallest absolute Gasteiger partial charge is 0.335 e. The van der Waals surface area contributed by atoms with Gasteiger partial charge in [-0.1, -0.05) is 0 Å². The number of nitrogens with one attached hydrogen (secondary N) is 1. The minimum Gasteiger partial charge on any atom is -0.504 e. The van der Waals surface area contributed by atoms with Crippen molar-refractivity contribution in [2.45, 2.75) is 0 Å². The van der Waals surface area contributed by atoms with E-state index in [1.165, 1.54) is 25.3 Å². The summed E-state index contributed by atoms with van der Waals surface area (Å²) in [5.74, 6) is -2.05. The summed E-state index contributed by atoms with van der Waals surface area (Å²) in [6.07, 6.45) is 0.939. The number of methoxy groups -OCH3 is 1. The largest absolute Gasteiger partial charge is 0.504 e. The summed E-state index contributed by atoms with van der Waals surface area (Å²) in [7, 11) is 1.19. The standard InChI is InChI=1S/C19H13N3O9/c1-29-15-7-11(22(27)28)4-9(16(15)23)5-12-17(24)20-19(26)21(18(12)25)10-2-3-13-14(6-10)31-8-30-13/h2-7,23H,8H2,1H3,(H,20,24,26)/b12-5+. The van der Waals surface area contributed by atoms with Crippen LogP contribution in [0.5, 0.6) is 23.0 Å². The number of phenolic OH excluding ortho intramolecular Hbond substituents is 1. The lowest BCUT2D eigenvalue weighted by molar-refractivity contribution is -0.385. The first-order valence-electron chi connectivity index (χ1n) is 8.66. The normalized spacial score (nSPS) is 16.5. The van der Waals surface area contributed by atoms with E-state index in [1.807, 2.05) is 5.32 Å². The van der Waals surface area contributed by atoms with Gasteiger partial charge in [0.1, 0.15) is 5.57 Å². The van der Waals surface area contributed by atoms with Crippen LogP contribution >= 0.6 is 0 Å². The maximum atomic E-state index is 13.0. The molecule has 2 heterocycles. The Balaban J connectivity index is 1.78. The van der Waals surface area contributed by atoms with Crippen molar-refractivity contribution in [2.75, 3.05) is 18.8 Å². The molecule has 0 spiro atoms. The highest BCUT2D eigenvalue weighted by Crippen LogP contribution is 2.38. The van der Waals surface area contributed by atoms with Gasteiger partial charge in [-0.2, -0.15) is 0 Å². The number of hydrogen-bond donors (Lipinski definition) is 2. The zero-order valence-electron chi connectivity index (χ0n) is 15.8. The molecule has 0 atom stereocenters. The average molecular weight is 427 g/mol. The van der Waals surface area contributed by atoms with Crippen molar-refractivity contribution < 1.29 is 38.6 Å². The van der Waals surface area contributed by atoms with E-state index in [1.54, 1.807) is 0 Å². The number of hydrogen-bond acceptors (Lipinski definition) is 9. The predicted molar refractivity (Wildman–Crippen MR) is 103 cm³/mol. The predicted octanol–water partition coefficient (Wildman–Crippen LogP) is 1.70. The molecular weight excluding hydrogens is 414 g/mol. The van der Waals surface area contributed by atoms with Crippen LogP contribution in [-0.4, -0.2) is 41.8 Å². The van der Waals surface area contributed by atoms with Gasteiger partial charge in [0.25, 0.3) is 17.5 Å². The van der Waals surface area contributed by atoms with Gasteiger partial charge in [-0.05, 0) is 18.2 Å². The topological polar surface area (TPSA) is 158 Å². The molecule has 2 aliphatic heterocycles. The lowest BCUT2D eigenvalue weighted by Gasteiger charge is -2.26. The second kappa shape index (κ2) is 7.33. The minimum absolute atomic E-state index is 0.0174. The van der Waals surface area contributed by atoms with Crippen LogP contribution < -0.4 is 24.4 Å². The number of aromatic hydroxyl groups is 1. The summed E-state index contributed by atoms with van der Waals surface area (Å²) in [5, 5.41) is 23.5. The fourth-order valence-electron chi connectivity index (χ4n) is 3.06. The van der Waals surface area contributed by atoms with Gasteiger partial charge in [-0.25, -0.2) is 9.69 Å². The number of nitro groups is 1. The molecule has 4 amide bonds. The summed E-state index contributed by atoms with van der Waals surface area (Å²) in [6.45, 7) is -0.0174. The van der Waals surface area contributed by atoms with Gasteiger partial charge in [0.2, 0.25) is 6.79 Å². The first-order chi connectivity index (χ1) is 14.8. The van der Waals surface area contributed by atoms with Crippen LogP contribution in [-0.2, 0) is 9.59 Å². The van der Waals surface area contributed by atoms with Crippen molar-refractivity contribution in [3.05, 3.63) is 51.6 Å². The van der Waals surface area contributed by atoms with Gasteiger partial charge >= 0.3 is 6.03 Å². The molecule has 158 valence electrons. The van der Waals surface area contributed by atoms with Crippen LogP contribution in [0, 0.1) is 10.1 Å². The third-order valence-electron chi connectivity index (χ3n) is 4.54. The van der Waals surface area contributed by atoms with Crippen molar-refractivity contribution in [3.63, 3.8) is 0 Å². The summed E-state index contributed by atoms with van der Waals surface area (Å²) in [6, 6.07) is 5.27. The third kappa shape index (κ3) is 3.35. The molecule has 2 aromatic rings. The first kappa shape index (κ1) is 19.7. The summed E-state index contributed by atoms with van der Waals surface area (Å²) in [5.41, 5.74) is -1.08. The second-order valence-electron chi connectivity index (χ2n) is 6.34. The lowest BCUT2D eigenvalue weighted by atomic mass is 10.0. The lowest BCUT2D eigenvalue weighted by Crippen LogP contribution is -2.54. The Kier molecular flexibility index (Phi) is 4.66. The quantitative estimate of drug-likeness (QED) is 0.321. The molecule has 0 saturated carbocycles. The number of ether oxygens (including phenoxy) is 3. The van der Waals surface area contributed by atoms with Crippen LogP contribution in [0.25, 0.3) is 6.08 Å². The van der Waals surface area contributed by atoms with E-state index in [2.05, 4.69) is 0 Å². The Morgan fingerprint density at radius 3 is 2.65 bits per heavy atom. The number of urea groups is 1. The molecular formula is C19H13N3O9. The Morgan fingerprint density at radius 1 is 1.19 bits per heavy atom. The zero-order valence-corrected chi connectivity index (χ0v) is 15.8. The molecule has 1 saturated heterocycles. The van der Waals surface area contributed by atoms with Crippen LogP contribution in [0.2, 0.25) is 0 Å². The molecule has 0 radical (unpaired) electrons. The average Bonchev–Trinajstić information content (AvgIpc) is 3.19. The maximum Gasteiger partial charge on any atom is 0.335 e. The molecule has 31 heavy (non-hydrogen) atoms. The molecule has 0 aromatic heterocycles. The van der Waals surface area contributed by atoms with E-state index >= 15 is 0 Å². The van der Waals surface area contributed by atoms with Crippen molar-refractivity contribution in [2.24, 2.45) is 0 Å². The molecule has 4 rings (SSSR count). The number of rotatable bonds is 4. The molecule has 2 aromatic carbocycles. The SMILES string of the molecule is COc1cc([N+](=O)[O-])cc(/C=C2\C(=O)NC(=O)N(c3ccc4c(c3)OCO4)C2=O)c1O. The molecule has 0 unspecified atom stereocenters. The molecule has 2 N–H and O–H groups in total. The van der Waals surface area contributed by atoms with Crippen molar-refractivity contribution >= 4 is 35.3 Å². The Morgan fingerprint density at radius 2 is 1.94 bits per heavy atom. The van der Waals surface area contributed by atoms with E-state index in [0.717, 1.165) is 18.2 Å². The van der Waals surface area contributed by atoms with Crippen LogP contribution in [0.15, 0.2) is 35.9 Å². The Bertz CT molecular complexity index is 1190. The van der Waals surface area contributed by atoms with Crippen molar-refractivity contribution in [1.29, 1.82) is 0 Å². The van der Waals surface area contributed by atoms with E-state index in [4.69, 9.17) is 14.2 Å². The fourth-order valence-corrected chi connectivity index (χ4v) is 3.06. The number of nitrogens with zero attached hydrogens (tertiary/aromatic N) is 2. The monoisotopic (exact) mass is 427 g/mol. The highest BCUT2D eigenvalue weighted by Gasteiger charge is 2.37. The van der Waals surface area contributed by atoms with Crippen molar-refractivity contribution in [3.8, 4) is 23.0 Å². The van der Waals surface area contributed by atoms with Gasteiger partial charge < -0.3 is 19.3 Å². The summed E-state index contributed by atoms with van der Waals surface area (Å²) >= 11 is 0. The highest BCUT2D eigenvalue weighted by molar-refractivity contribution is 6.39. The number of amides is 4. The number of carbonyl (C=O) groups excluding carboxylic acids is 3. The van der Waals surface area contributed by atoms with Gasteiger partial charge in [0.15, 0.2) is 23.0 Å². The van der Waals surface area contributed by atoms with Crippen LogP contribution in [0.4, 0.5) is 16.2 Å². The number of carbonyl (C=O) groups is 3. The summed E-state index contributed by atoms with van der Waals surface area (Å²) < 4.78 is 15.3. The van der Waals surface area contributed by atoms with E-state index in [-0.39, 0.29) is 23.8 Å². The number of phenols is 1. The summed E-state index contributed by atoms with van der Waals surface area (Å²) in [4.78, 5) is 48.8. The molecule has 0 bridgehead atoms. The number of anilines is 1. The molecule has 12 heteroatoms. The highest BCUT2D eigenvalue weighted by atomic mass is 16.7. The Hall–Kier alpha value is -4.61. The van der Waals surface area contributed by atoms with Crippen molar-refractivity contribution in [1.82, 2.24) is 5.32 Å². The van der Waals surface area contributed by atoms with E-state index in [0.29, 0.717) is 16.4 Å². The minimum atomic E-state index is -1.03. The fraction of sp³-hybridized carbons (Fsp3) is 0.105. The molecule has 0 aliphatic carbocycles. The second-order valence-corrected chi connectivity index (χ2v) is 6.34. The Labute approximate surface area is 173 Å². The van der Waals surface area contributed by atoms with Gasteiger partial charge in [0.05, 0.1) is 23.8 Å². The molecule has 2 aliphatic rings. The van der Waals surface area contributed by atoms with Gasteiger partial charge in [-0.3, -0.25) is 25.0 Å². The molecule has 1 fully saturated rings. The maximum absolute atomic E-state index is 13.0. The van der Waals surface area contributed by atoms with Gasteiger partial charge in [-0.15, -0.1) is 0 Å². The van der Waals surface area contributed by atoms with E-state index < -0.39 is 39.8 Å². The van der Waals surface area contributed by atoms with Gasteiger partial charge in [0, 0.05) is 17.7 Å². The number of imide groups is 2. The number of non-ortho nitro benzene ring substituents is 1. The van der Waals surface area contributed by atoms with E-state index in [9.17, 15) is 29.6 Å². The number of barbiturate groups is 1. The number of nitro benzene ring substituents is 1. The zero-order chi connectivity index (χ0) is 22.3. The number of fused-ring (bicyclic) bond motifs is 1. The molecule has 12 nitrogen and oxygen atoms in total. The number of benzene rings is 2.